The van der Waals surface area contributed by atoms with Gasteiger partial charge in [0, 0.05) is 26.0 Å². The van der Waals surface area contributed by atoms with E-state index in [1.54, 1.807) is 6.20 Å². The molecule has 2 aromatic rings. The topological polar surface area (TPSA) is 58.4 Å². The lowest BCUT2D eigenvalue weighted by Crippen LogP contribution is -2.29. The maximum Gasteiger partial charge on any atom is 0.312 e. The van der Waals surface area contributed by atoms with E-state index in [4.69, 9.17) is 0 Å². The van der Waals surface area contributed by atoms with Crippen LogP contribution in [0, 0.1) is 0 Å². The molecule has 0 spiro atoms. The number of imidazole rings is 1. The highest BCUT2D eigenvalue weighted by Gasteiger charge is 2.21. The van der Waals surface area contributed by atoms with Crippen molar-refractivity contribution in [2.75, 3.05) is 13.6 Å². The van der Waals surface area contributed by atoms with Crippen LogP contribution in [-0.2, 0) is 18.4 Å². The minimum absolute atomic E-state index is 0.451. The van der Waals surface area contributed by atoms with Crippen LogP contribution in [0.1, 0.15) is 17.3 Å². The molecule has 0 aliphatic carbocycles. The monoisotopic (exact) mass is 273 g/mol. The number of aromatic nitrogens is 2. The van der Waals surface area contributed by atoms with E-state index in [2.05, 4.69) is 4.98 Å². The molecule has 5 heteroatoms. The van der Waals surface area contributed by atoms with E-state index in [0.29, 0.717) is 13.1 Å². The Morgan fingerprint density at radius 1 is 1.40 bits per heavy atom. The molecule has 0 amide bonds. The van der Waals surface area contributed by atoms with E-state index in [0.717, 1.165) is 11.4 Å². The summed E-state index contributed by atoms with van der Waals surface area (Å²) in [5, 5.41) is 9.41. The van der Waals surface area contributed by atoms with Gasteiger partial charge in [0.25, 0.3) is 0 Å². The highest BCUT2D eigenvalue weighted by Crippen LogP contribution is 2.17. The fourth-order valence-corrected chi connectivity index (χ4v) is 2.18. The van der Waals surface area contributed by atoms with Gasteiger partial charge >= 0.3 is 5.97 Å². The summed E-state index contributed by atoms with van der Waals surface area (Å²) in [5.74, 6) is -0.408. The second-order valence-electron chi connectivity index (χ2n) is 4.95. The normalized spacial score (nSPS) is 12.6. The molecule has 0 saturated carbocycles. The molecule has 1 unspecified atom stereocenters. The largest absolute Gasteiger partial charge is 0.481 e. The number of aliphatic carboxylic acids is 1. The maximum atomic E-state index is 11.5. The number of likely N-dealkylation sites (N-methyl/N-ethyl adjacent to an activating group) is 1. The van der Waals surface area contributed by atoms with Gasteiger partial charge in [-0.1, -0.05) is 30.3 Å². The molecule has 0 bridgehead atoms. The molecule has 0 saturated heterocycles. The number of nitrogens with zero attached hydrogens (tertiary/aromatic N) is 3. The zero-order valence-electron chi connectivity index (χ0n) is 11.7. The Bertz CT molecular complexity index is 566. The number of hydrogen-bond donors (Lipinski definition) is 1. The highest BCUT2D eigenvalue weighted by molar-refractivity contribution is 5.76. The van der Waals surface area contributed by atoms with Crippen molar-refractivity contribution >= 4 is 5.97 Å². The Morgan fingerprint density at radius 3 is 2.65 bits per heavy atom. The Labute approximate surface area is 118 Å². The number of carbonyl (C=O) groups is 1. The van der Waals surface area contributed by atoms with Crippen molar-refractivity contribution in [3.8, 4) is 0 Å². The van der Waals surface area contributed by atoms with E-state index in [1.807, 2.05) is 60.1 Å². The van der Waals surface area contributed by atoms with E-state index in [1.165, 1.54) is 0 Å². The maximum absolute atomic E-state index is 11.5. The van der Waals surface area contributed by atoms with Crippen LogP contribution in [0.25, 0.3) is 0 Å². The first-order valence-electron chi connectivity index (χ1n) is 6.50. The third-order valence-corrected chi connectivity index (χ3v) is 3.33. The fourth-order valence-electron chi connectivity index (χ4n) is 2.18. The summed E-state index contributed by atoms with van der Waals surface area (Å²) in [6, 6.07) is 9.33. The van der Waals surface area contributed by atoms with Crippen molar-refractivity contribution in [1.82, 2.24) is 14.5 Å². The quantitative estimate of drug-likeness (QED) is 0.870. The lowest BCUT2D eigenvalue weighted by atomic mass is 9.99. The van der Waals surface area contributed by atoms with Gasteiger partial charge in [-0.05, 0) is 12.6 Å². The molecule has 0 aliphatic rings. The first kappa shape index (κ1) is 14.3. The van der Waals surface area contributed by atoms with Gasteiger partial charge in [-0.3, -0.25) is 9.69 Å². The number of carboxylic acid groups (broad SMARTS) is 1. The molecule has 1 aromatic carbocycles. The average molecular weight is 273 g/mol. The summed E-state index contributed by atoms with van der Waals surface area (Å²) < 4.78 is 1.94. The van der Waals surface area contributed by atoms with Crippen LogP contribution in [0.4, 0.5) is 0 Å². The minimum Gasteiger partial charge on any atom is -0.481 e. The number of aryl methyl sites for hydroxylation is 1. The van der Waals surface area contributed by atoms with E-state index < -0.39 is 11.9 Å². The molecule has 0 fully saturated rings. The molecule has 2 rings (SSSR count). The van der Waals surface area contributed by atoms with Gasteiger partial charge in [-0.15, -0.1) is 0 Å². The zero-order valence-corrected chi connectivity index (χ0v) is 11.7. The van der Waals surface area contributed by atoms with Crippen molar-refractivity contribution in [2.24, 2.45) is 7.05 Å². The van der Waals surface area contributed by atoms with E-state index >= 15 is 0 Å². The Balaban J connectivity index is 2.05. The van der Waals surface area contributed by atoms with E-state index in [9.17, 15) is 9.90 Å². The summed E-state index contributed by atoms with van der Waals surface area (Å²) in [5.41, 5.74) is 0.826. The molecule has 106 valence electrons. The van der Waals surface area contributed by atoms with Crippen molar-refractivity contribution < 1.29 is 9.90 Å². The highest BCUT2D eigenvalue weighted by atomic mass is 16.4. The second-order valence-corrected chi connectivity index (χ2v) is 4.95. The van der Waals surface area contributed by atoms with Crippen LogP contribution >= 0.6 is 0 Å². The van der Waals surface area contributed by atoms with Gasteiger partial charge in [-0.25, -0.2) is 4.98 Å². The average Bonchev–Trinajstić information content (AvgIpc) is 2.82. The van der Waals surface area contributed by atoms with E-state index in [-0.39, 0.29) is 0 Å². The molecule has 0 aliphatic heterocycles. The lowest BCUT2D eigenvalue weighted by molar-refractivity contribution is -0.139. The van der Waals surface area contributed by atoms with Gasteiger partial charge in [0.1, 0.15) is 5.82 Å². The second kappa shape index (κ2) is 6.34. The van der Waals surface area contributed by atoms with Crippen LogP contribution < -0.4 is 0 Å². The number of rotatable bonds is 6. The Hall–Kier alpha value is -2.14. The van der Waals surface area contributed by atoms with Crippen LogP contribution in [0.2, 0.25) is 0 Å². The predicted octanol–water partition coefficient (Wildman–Crippen LogP) is 1.72. The van der Waals surface area contributed by atoms with Crippen LogP contribution in [0.15, 0.2) is 42.7 Å². The zero-order chi connectivity index (χ0) is 14.5. The molecule has 0 radical (unpaired) electrons. The van der Waals surface area contributed by atoms with Crippen LogP contribution in [-0.4, -0.2) is 39.1 Å². The Morgan fingerprint density at radius 2 is 2.10 bits per heavy atom. The number of benzene rings is 1. The first-order chi connectivity index (χ1) is 9.58. The summed E-state index contributed by atoms with van der Waals surface area (Å²) in [4.78, 5) is 17.7. The van der Waals surface area contributed by atoms with Gasteiger partial charge in [0.2, 0.25) is 0 Å². The molecule has 1 atom stereocenters. The molecule has 1 aromatic heterocycles. The molecule has 1 heterocycles. The van der Waals surface area contributed by atoms with Gasteiger partial charge < -0.3 is 9.67 Å². The molecular formula is C15H19N3O2. The van der Waals surface area contributed by atoms with Crippen molar-refractivity contribution in [2.45, 2.75) is 12.5 Å². The minimum atomic E-state index is -0.803. The summed E-state index contributed by atoms with van der Waals surface area (Å²) >= 11 is 0. The van der Waals surface area contributed by atoms with Crippen LogP contribution in [0.5, 0.6) is 0 Å². The van der Waals surface area contributed by atoms with Crippen LogP contribution in [0.3, 0.4) is 0 Å². The third kappa shape index (κ3) is 3.45. The third-order valence-electron chi connectivity index (χ3n) is 3.33. The molecule has 5 nitrogen and oxygen atoms in total. The van der Waals surface area contributed by atoms with Crippen molar-refractivity contribution in [1.29, 1.82) is 0 Å². The summed E-state index contributed by atoms with van der Waals surface area (Å²) in [6.07, 6.45) is 3.63. The molecular weight excluding hydrogens is 254 g/mol. The number of carboxylic acids is 1. The first-order valence-corrected chi connectivity index (χ1v) is 6.50. The predicted molar refractivity (Wildman–Crippen MR) is 76.4 cm³/mol. The fraction of sp³-hybridized carbons (Fsp3) is 0.333. The van der Waals surface area contributed by atoms with Crippen molar-refractivity contribution in [3.05, 3.63) is 54.1 Å². The van der Waals surface area contributed by atoms with Gasteiger partial charge in [0.15, 0.2) is 0 Å². The number of hydrogen-bond acceptors (Lipinski definition) is 3. The molecule has 1 N–H and O–H groups in total. The van der Waals surface area contributed by atoms with Crippen molar-refractivity contribution in [3.63, 3.8) is 0 Å². The Kier molecular flexibility index (Phi) is 4.53. The lowest BCUT2D eigenvalue weighted by Gasteiger charge is -2.21. The van der Waals surface area contributed by atoms with Gasteiger partial charge in [0.05, 0.1) is 12.5 Å². The SMILES string of the molecule is CN(Cc1nccn1C)CC(C(=O)O)c1ccccc1. The van der Waals surface area contributed by atoms with Gasteiger partial charge in [-0.2, -0.15) is 0 Å². The summed E-state index contributed by atoms with van der Waals surface area (Å²) in [7, 11) is 3.84. The summed E-state index contributed by atoms with van der Waals surface area (Å²) in [6.45, 7) is 1.08. The molecule has 20 heavy (non-hydrogen) atoms. The smallest absolute Gasteiger partial charge is 0.312 e. The standard InChI is InChI=1S/C15H19N3O2/c1-17(11-14-16-8-9-18(14)2)10-13(15(19)20)12-6-4-3-5-7-12/h3-9,13H,10-11H2,1-2H3,(H,19,20).